The molecule has 1 saturated carbocycles. The molecule has 4 heteroatoms. The number of nitrogens with zero attached hydrogens (tertiary/aromatic N) is 3. The van der Waals surface area contributed by atoms with Crippen LogP contribution in [0.3, 0.4) is 0 Å². The zero-order chi connectivity index (χ0) is 11.7. The van der Waals surface area contributed by atoms with E-state index in [-0.39, 0.29) is 0 Å². The van der Waals surface area contributed by atoms with E-state index in [2.05, 4.69) is 21.9 Å². The molecule has 4 nitrogen and oxygen atoms in total. The van der Waals surface area contributed by atoms with Gasteiger partial charge in [0.2, 0.25) is 0 Å². The van der Waals surface area contributed by atoms with Crippen LogP contribution in [-0.2, 0) is 0 Å². The van der Waals surface area contributed by atoms with Gasteiger partial charge in [0.25, 0.3) is 0 Å². The number of aryl methyl sites for hydroxylation is 2. The molecule has 0 spiro atoms. The predicted molar refractivity (Wildman–Crippen MR) is 65.5 cm³/mol. The van der Waals surface area contributed by atoms with Crippen molar-refractivity contribution >= 4 is 5.82 Å². The highest BCUT2D eigenvalue weighted by Gasteiger charge is 2.27. The quantitative estimate of drug-likeness (QED) is 0.833. The molecule has 0 atom stereocenters. The highest BCUT2D eigenvalue weighted by atomic mass is 15.2. The van der Waals surface area contributed by atoms with E-state index in [4.69, 9.17) is 5.73 Å². The van der Waals surface area contributed by atoms with Crippen LogP contribution in [0.25, 0.3) is 0 Å². The number of anilines is 1. The average Bonchev–Trinajstić information content (AvgIpc) is 2.19. The summed E-state index contributed by atoms with van der Waals surface area (Å²) in [5.41, 5.74) is 7.76. The minimum absolute atomic E-state index is 0.420. The largest absolute Gasteiger partial charge is 0.358 e. The molecule has 1 fully saturated rings. The first-order valence-electron chi connectivity index (χ1n) is 5.83. The fraction of sp³-hybridized carbons (Fsp3) is 0.667. The van der Waals surface area contributed by atoms with E-state index < -0.39 is 0 Å². The second-order valence-electron chi connectivity index (χ2n) is 4.90. The normalized spacial score (nSPS) is 24.0. The van der Waals surface area contributed by atoms with Gasteiger partial charge in [-0.1, -0.05) is 0 Å². The lowest BCUT2D eigenvalue weighted by atomic mass is 9.80. The van der Waals surface area contributed by atoms with Gasteiger partial charge in [-0.05, 0) is 32.6 Å². The lowest BCUT2D eigenvalue weighted by Crippen LogP contribution is -2.42. The van der Waals surface area contributed by atoms with Gasteiger partial charge < -0.3 is 10.6 Å². The van der Waals surface area contributed by atoms with Crippen LogP contribution >= 0.6 is 0 Å². The Morgan fingerprint density at radius 2 is 2.12 bits per heavy atom. The average molecular weight is 220 g/mol. The highest BCUT2D eigenvalue weighted by molar-refractivity contribution is 5.42. The maximum Gasteiger partial charge on any atom is 0.150 e. The van der Waals surface area contributed by atoms with Crippen LogP contribution in [0.1, 0.15) is 24.2 Å². The van der Waals surface area contributed by atoms with E-state index >= 15 is 0 Å². The number of aromatic nitrogens is 2. The summed E-state index contributed by atoms with van der Waals surface area (Å²) in [7, 11) is 2.08. The van der Waals surface area contributed by atoms with Gasteiger partial charge in [-0.15, -0.1) is 0 Å². The summed E-state index contributed by atoms with van der Waals surface area (Å²) in [5.74, 6) is 1.72. The third kappa shape index (κ3) is 2.32. The van der Waals surface area contributed by atoms with Crippen LogP contribution in [0.4, 0.5) is 5.82 Å². The third-order valence-electron chi connectivity index (χ3n) is 3.22. The number of nitrogens with two attached hydrogens (primary N) is 1. The molecule has 1 aromatic rings. The molecule has 1 aliphatic carbocycles. The van der Waals surface area contributed by atoms with Crippen molar-refractivity contribution in [3.05, 3.63) is 17.6 Å². The van der Waals surface area contributed by atoms with E-state index in [1.807, 2.05) is 20.0 Å². The van der Waals surface area contributed by atoms with Crippen LogP contribution in [-0.4, -0.2) is 29.6 Å². The van der Waals surface area contributed by atoms with E-state index in [9.17, 15) is 0 Å². The Morgan fingerprint density at radius 1 is 1.44 bits per heavy atom. The molecule has 1 heterocycles. The van der Waals surface area contributed by atoms with Crippen LogP contribution in [0.2, 0.25) is 0 Å². The number of hydrogen-bond acceptors (Lipinski definition) is 4. The van der Waals surface area contributed by atoms with E-state index in [1.54, 1.807) is 0 Å². The van der Waals surface area contributed by atoms with Crippen molar-refractivity contribution in [3.8, 4) is 0 Å². The van der Waals surface area contributed by atoms with Crippen molar-refractivity contribution in [1.29, 1.82) is 0 Å². The van der Waals surface area contributed by atoms with Crippen molar-refractivity contribution in [2.24, 2.45) is 11.7 Å². The topological polar surface area (TPSA) is 55.0 Å². The van der Waals surface area contributed by atoms with Gasteiger partial charge in [-0.3, -0.25) is 4.98 Å². The van der Waals surface area contributed by atoms with E-state index in [1.165, 1.54) is 0 Å². The first-order chi connectivity index (χ1) is 7.56. The van der Waals surface area contributed by atoms with Gasteiger partial charge in [0, 0.05) is 25.8 Å². The summed E-state index contributed by atoms with van der Waals surface area (Å²) in [6.45, 7) is 5.01. The monoisotopic (exact) mass is 220 g/mol. The number of hydrogen-bond donors (Lipinski definition) is 1. The van der Waals surface area contributed by atoms with Crippen LogP contribution in [0, 0.1) is 19.8 Å². The van der Waals surface area contributed by atoms with Crippen molar-refractivity contribution in [1.82, 2.24) is 9.97 Å². The smallest absolute Gasteiger partial charge is 0.150 e. The van der Waals surface area contributed by atoms with Crippen molar-refractivity contribution in [2.45, 2.75) is 32.7 Å². The number of rotatable bonds is 3. The molecule has 0 aliphatic heterocycles. The SMILES string of the molecule is Cc1cnc(C)c(N(C)CC2CC(N)C2)n1. The molecular weight excluding hydrogens is 200 g/mol. The first kappa shape index (κ1) is 11.3. The maximum atomic E-state index is 5.79. The molecule has 2 N–H and O–H groups in total. The highest BCUT2D eigenvalue weighted by Crippen LogP contribution is 2.27. The maximum absolute atomic E-state index is 5.79. The Balaban J connectivity index is 2.02. The van der Waals surface area contributed by atoms with Gasteiger partial charge >= 0.3 is 0 Å². The van der Waals surface area contributed by atoms with Crippen molar-refractivity contribution in [2.75, 3.05) is 18.5 Å². The van der Waals surface area contributed by atoms with Gasteiger partial charge in [-0.25, -0.2) is 4.98 Å². The molecular formula is C12H20N4. The van der Waals surface area contributed by atoms with Crippen LogP contribution in [0.15, 0.2) is 6.20 Å². The lowest BCUT2D eigenvalue weighted by molar-refractivity contribution is 0.270. The molecule has 0 aromatic carbocycles. The Morgan fingerprint density at radius 3 is 2.75 bits per heavy atom. The summed E-state index contributed by atoms with van der Waals surface area (Å²) < 4.78 is 0. The second kappa shape index (κ2) is 4.37. The fourth-order valence-corrected chi connectivity index (χ4v) is 2.30. The van der Waals surface area contributed by atoms with Gasteiger partial charge in [0.05, 0.1) is 11.4 Å². The van der Waals surface area contributed by atoms with Gasteiger partial charge in [-0.2, -0.15) is 0 Å². The molecule has 2 rings (SSSR count). The lowest BCUT2D eigenvalue weighted by Gasteiger charge is -2.35. The second-order valence-corrected chi connectivity index (χ2v) is 4.90. The van der Waals surface area contributed by atoms with Gasteiger partial charge in [0.1, 0.15) is 5.82 Å². The molecule has 0 saturated heterocycles. The van der Waals surface area contributed by atoms with Gasteiger partial charge in [0.15, 0.2) is 0 Å². The Labute approximate surface area is 96.9 Å². The third-order valence-corrected chi connectivity index (χ3v) is 3.22. The zero-order valence-corrected chi connectivity index (χ0v) is 10.3. The van der Waals surface area contributed by atoms with Crippen LogP contribution in [0.5, 0.6) is 0 Å². The summed E-state index contributed by atoms with van der Waals surface area (Å²) in [5, 5.41) is 0. The summed E-state index contributed by atoms with van der Waals surface area (Å²) >= 11 is 0. The summed E-state index contributed by atoms with van der Waals surface area (Å²) in [6.07, 6.45) is 4.09. The molecule has 0 bridgehead atoms. The molecule has 1 aromatic heterocycles. The Bertz CT molecular complexity index is 371. The molecule has 0 radical (unpaired) electrons. The van der Waals surface area contributed by atoms with E-state index in [0.29, 0.717) is 6.04 Å². The zero-order valence-electron chi connectivity index (χ0n) is 10.3. The summed E-state index contributed by atoms with van der Waals surface area (Å²) in [6, 6.07) is 0.420. The van der Waals surface area contributed by atoms with Crippen molar-refractivity contribution in [3.63, 3.8) is 0 Å². The Hall–Kier alpha value is -1.16. The standard InChI is InChI=1S/C12H20N4/c1-8-6-14-9(2)12(15-8)16(3)7-10-4-11(13)5-10/h6,10-11H,4-5,7,13H2,1-3H3. The predicted octanol–water partition coefficient (Wildman–Crippen LogP) is 1.27. The molecule has 0 unspecified atom stereocenters. The van der Waals surface area contributed by atoms with Crippen LogP contribution < -0.4 is 10.6 Å². The minimum atomic E-state index is 0.420. The molecule has 1 aliphatic rings. The fourth-order valence-electron chi connectivity index (χ4n) is 2.30. The molecule has 88 valence electrons. The molecule has 16 heavy (non-hydrogen) atoms. The summed E-state index contributed by atoms with van der Waals surface area (Å²) in [4.78, 5) is 11.1. The molecule has 0 amide bonds. The first-order valence-corrected chi connectivity index (χ1v) is 5.83. The minimum Gasteiger partial charge on any atom is -0.358 e. The van der Waals surface area contributed by atoms with E-state index in [0.717, 1.165) is 42.5 Å². The Kier molecular flexibility index (Phi) is 3.10. The van der Waals surface area contributed by atoms with Crippen molar-refractivity contribution < 1.29 is 0 Å².